The van der Waals surface area contributed by atoms with E-state index in [0.717, 1.165) is 28.7 Å². The first-order valence-electron chi connectivity index (χ1n) is 7.47. The Hall–Kier alpha value is -2.55. The summed E-state index contributed by atoms with van der Waals surface area (Å²) in [5, 5.41) is 11.9. The second-order valence-corrected chi connectivity index (χ2v) is 5.52. The zero-order valence-electron chi connectivity index (χ0n) is 12.6. The fourth-order valence-corrected chi connectivity index (χ4v) is 3.02. The standard InChI is InChI=1S/C19H19NO2/c1-14-16(11-12-19(21)22)17-9-5-6-10-18(17)20(14)13-15-7-3-2-4-8-15/h2-10H,11-13H2,1H3,(H,21,22)/p-1. The predicted octanol–water partition coefficient (Wildman–Crippen LogP) is 2.68. The third-order valence-electron chi connectivity index (χ3n) is 4.12. The average molecular weight is 292 g/mol. The van der Waals surface area contributed by atoms with E-state index >= 15 is 0 Å². The molecule has 3 heteroatoms. The van der Waals surface area contributed by atoms with Crippen molar-refractivity contribution in [2.24, 2.45) is 0 Å². The van der Waals surface area contributed by atoms with Crippen molar-refractivity contribution in [1.82, 2.24) is 4.57 Å². The quantitative estimate of drug-likeness (QED) is 0.725. The van der Waals surface area contributed by atoms with Gasteiger partial charge in [0.1, 0.15) is 0 Å². The SMILES string of the molecule is Cc1c(CCC(=O)[O-])c2ccccc2n1Cc1ccccc1. The minimum Gasteiger partial charge on any atom is -0.550 e. The molecule has 0 amide bonds. The molecular formula is C19H18NO2-. The van der Waals surface area contributed by atoms with E-state index in [9.17, 15) is 9.90 Å². The molecule has 0 fully saturated rings. The number of carboxylic acids is 1. The van der Waals surface area contributed by atoms with Crippen molar-refractivity contribution in [3.05, 3.63) is 71.4 Å². The van der Waals surface area contributed by atoms with Crippen molar-refractivity contribution in [3.8, 4) is 0 Å². The normalized spacial score (nSPS) is 11.0. The highest BCUT2D eigenvalue weighted by atomic mass is 16.4. The van der Waals surface area contributed by atoms with Crippen LogP contribution in [0, 0.1) is 6.92 Å². The number of benzene rings is 2. The minimum absolute atomic E-state index is 0.0557. The first-order chi connectivity index (χ1) is 10.7. The number of carbonyl (C=O) groups excluding carboxylic acids is 1. The number of rotatable bonds is 5. The number of para-hydroxylation sites is 1. The monoisotopic (exact) mass is 292 g/mol. The Kier molecular flexibility index (Phi) is 3.96. The van der Waals surface area contributed by atoms with Gasteiger partial charge in [-0.15, -0.1) is 0 Å². The maximum Gasteiger partial charge on any atom is 0.0488 e. The molecule has 0 aliphatic rings. The first-order valence-corrected chi connectivity index (χ1v) is 7.47. The van der Waals surface area contributed by atoms with E-state index in [1.807, 2.05) is 30.3 Å². The summed E-state index contributed by atoms with van der Waals surface area (Å²) >= 11 is 0. The van der Waals surface area contributed by atoms with Crippen LogP contribution in [0.2, 0.25) is 0 Å². The third kappa shape index (κ3) is 2.75. The van der Waals surface area contributed by atoms with E-state index in [4.69, 9.17) is 0 Å². The molecule has 22 heavy (non-hydrogen) atoms. The Labute approximate surface area is 129 Å². The maximum absolute atomic E-state index is 10.8. The largest absolute Gasteiger partial charge is 0.550 e. The summed E-state index contributed by atoms with van der Waals surface area (Å²) in [6.07, 6.45) is 0.566. The predicted molar refractivity (Wildman–Crippen MR) is 85.5 cm³/mol. The molecule has 0 radical (unpaired) electrons. The number of fused-ring (bicyclic) bond motifs is 1. The molecule has 112 valence electrons. The summed E-state index contributed by atoms with van der Waals surface area (Å²) in [6, 6.07) is 18.5. The van der Waals surface area contributed by atoms with Crippen LogP contribution in [0.4, 0.5) is 0 Å². The van der Waals surface area contributed by atoms with E-state index in [2.05, 4.69) is 35.8 Å². The lowest BCUT2D eigenvalue weighted by molar-refractivity contribution is -0.305. The Morgan fingerprint density at radius 2 is 1.73 bits per heavy atom. The van der Waals surface area contributed by atoms with Gasteiger partial charge in [0.15, 0.2) is 0 Å². The fourth-order valence-electron chi connectivity index (χ4n) is 3.02. The van der Waals surface area contributed by atoms with Crippen molar-refractivity contribution < 1.29 is 9.90 Å². The van der Waals surface area contributed by atoms with Crippen molar-refractivity contribution in [2.45, 2.75) is 26.3 Å². The van der Waals surface area contributed by atoms with Gasteiger partial charge in [-0.1, -0.05) is 48.5 Å². The Morgan fingerprint density at radius 3 is 2.45 bits per heavy atom. The Bertz CT molecular complexity index is 803. The van der Waals surface area contributed by atoms with Crippen molar-refractivity contribution in [1.29, 1.82) is 0 Å². The van der Waals surface area contributed by atoms with E-state index in [1.165, 1.54) is 5.56 Å². The molecule has 0 aliphatic carbocycles. The van der Waals surface area contributed by atoms with Crippen molar-refractivity contribution >= 4 is 16.9 Å². The highest BCUT2D eigenvalue weighted by molar-refractivity contribution is 5.86. The molecule has 0 aliphatic heterocycles. The number of aryl methyl sites for hydroxylation is 1. The molecule has 0 saturated carbocycles. The molecule has 0 spiro atoms. The number of hydrogen-bond acceptors (Lipinski definition) is 2. The van der Waals surface area contributed by atoms with Gasteiger partial charge < -0.3 is 14.5 Å². The van der Waals surface area contributed by atoms with Crippen LogP contribution in [-0.4, -0.2) is 10.5 Å². The topological polar surface area (TPSA) is 45.1 Å². The van der Waals surface area contributed by atoms with Gasteiger partial charge in [-0.2, -0.15) is 0 Å². The summed E-state index contributed by atoms with van der Waals surface area (Å²) < 4.78 is 2.26. The van der Waals surface area contributed by atoms with Crippen LogP contribution in [-0.2, 0) is 17.8 Å². The van der Waals surface area contributed by atoms with Crippen LogP contribution in [0.25, 0.3) is 10.9 Å². The second-order valence-electron chi connectivity index (χ2n) is 5.52. The maximum atomic E-state index is 10.8. The fraction of sp³-hybridized carbons (Fsp3) is 0.211. The van der Waals surface area contributed by atoms with Gasteiger partial charge >= 0.3 is 0 Å². The molecule has 3 aromatic rings. The highest BCUT2D eigenvalue weighted by Gasteiger charge is 2.13. The summed E-state index contributed by atoms with van der Waals surface area (Å²) in [5.74, 6) is -1.00. The van der Waals surface area contributed by atoms with Crippen LogP contribution >= 0.6 is 0 Å². The lowest BCUT2D eigenvalue weighted by Crippen LogP contribution is -2.22. The van der Waals surface area contributed by atoms with Gasteiger partial charge in [0.25, 0.3) is 0 Å². The molecule has 3 nitrogen and oxygen atoms in total. The summed E-state index contributed by atoms with van der Waals surface area (Å²) in [4.78, 5) is 10.8. The number of carboxylic acid groups (broad SMARTS) is 1. The highest BCUT2D eigenvalue weighted by Crippen LogP contribution is 2.27. The van der Waals surface area contributed by atoms with E-state index in [1.54, 1.807) is 0 Å². The van der Waals surface area contributed by atoms with Crippen LogP contribution in [0.5, 0.6) is 0 Å². The van der Waals surface area contributed by atoms with Gasteiger partial charge in [-0.25, -0.2) is 0 Å². The summed E-state index contributed by atoms with van der Waals surface area (Å²) in [7, 11) is 0. The lowest BCUT2D eigenvalue weighted by atomic mass is 10.1. The van der Waals surface area contributed by atoms with Crippen LogP contribution in [0.1, 0.15) is 23.2 Å². The van der Waals surface area contributed by atoms with Gasteiger partial charge in [-0.3, -0.25) is 0 Å². The zero-order chi connectivity index (χ0) is 15.5. The number of aromatic nitrogens is 1. The smallest absolute Gasteiger partial charge is 0.0488 e. The molecule has 0 saturated heterocycles. The molecule has 0 atom stereocenters. The summed E-state index contributed by atoms with van der Waals surface area (Å²) in [5.41, 5.74) is 4.62. The van der Waals surface area contributed by atoms with Crippen LogP contribution in [0.15, 0.2) is 54.6 Å². The summed E-state index contributed by atoms with van der Waals surface area (Å²) in [6.45, 7) is 2.85. The third-order valence-corrected chi connectivity index (χ3v) is 4.12. The van der Waals surface area contributed by atoms with Crippen molar-refractivity contribution in [3.63, 3.8) is 0 Å². The Balaban J connectivity index is 2.06. The van der Waals surface area contributed by atoms with E-state index in [0.29, 0.717) is 6.42 Å². The lowest BCUT2D eigenvalue weighted by Gasteiger charge is -2.09. The van der Waals surface area contributed by atoms with Gasteiger partial charge in [-0.05, 0) is 37.0 Å². The van der Waals surface area contributed by atoms with Crippen LogP contribution < -0.4 is 5.11 Å². The zero-order valence-corrected chi connectivity index (χ0v) is 12.6. The number of aliphatic carboxylic acids is 1. The van der Waals surface area contributed by atoms with E-state index in [-0.39, 0.29) is 6.42 Å². The average Bonchev–Trinajstić information content (AvgIpc) is 2.79. The van der Waals surface area contributed by atoms with Gasteiger partial charge in [0.2, 0.25) is 0 Å². The molecule has 2 aromatic carbocycles. The second kappa shape index (κ2) is 6.06. The number of hydrogen-bond donors (Lipinski definition) is 0. The molecule has 1 heterocycles. The van der Waals surface area contributed by atoms with Gasteiger partial charge in [0.05, 0.1) is 0 Å². The molecule has 0 N–H and O–H groups in total. The minimum atomic E-state index is -1.00. The molecule has 0 unspecified atom stereocenters. The number of nitrogens with zero attached hydrogens (tertiary/aromatic N) is 1. The Morgan fingerprint density at radius 1 is 1.05 bits per heavy atom. The van der Waals surface area contributed by atoms with Gasteiger partial charge in [0, 0.05) is 29.1 Å². The molecule has 0 bridgehead atoms. The number of carbonyl (C=O) groups is 1. The first kappa shape index (κ1) is 14.4. The van der Waals surface area contributed by atoms with Crippen molar-refractivity contribution in [2.75, 3.05) is 0 Å². The molecule has 3 rings (SSSR count). The molecule has 1 aromatic heterocycles. The van der Waals surface area contributed by atoms with Crippen LogP contribution in [0.3, 0.4) is 0 Å². The molecular weight excluding hydrogens is 274 g/mol. The van der Waals surface area contributed by atoms with E-state index < -0.39 is 5.97 Å².